The van der Waals surface area contributed by atoms with Crippen LogP contribution >= 0.6 is 15.9 Å². The standard InChI is InChI=1S/C18H30BrNO/c1-17(2,3)20-12-11-18(4,5)10-9-14-7-8-16(21-6)15(19)13-14/h7-8,13,20H,9-12H2,1-6H3. The van der Waals surface area contributed by atoms with Gasteiger partial charge in [-0.3, -0.25) is 0 Å². The number of ether oxygens (including phenoxy) is 1. The van der Waals surface area contributed by atoms with Crippen LogP contribution in [0.1, 0.15) is 53.0 Å². The first-order valence-electron chi connectivity index (χ1n) is 7.70. The number of nitrogens with one attached hydrogen (secondary N) is 1. The first-order chi connectivity index (χ1) is 9.63. The van der Waals surface area contributed by atoms with Crippen LogP contribution in [0.4, 0.5) is 0 Å². The van der Waals surface area contributed by atoms with E-state index < -0.39 is 0 Å². The predicted molar refractivity (Wildman–Crippen MR) is 95.2 cm³/mol. The van der Waals surface area contributed by atoms with E-state index in [0.717, 1.165) is 23.2 Å². The first kappa shape index (κ1) is 18.5. The Morgan fingerprint density at radius 3 is 2.29 bits per heavy atom. The van der Waals surface area contributed by atoms with E-state index in [0.29, 0.717) is 5.41 Å². The van der Waals surface area contributed by atoms with Crippen molar-refractivity contribution >= 4 is 15.9 Å². The lowest BCUT2D eigenvalue weighted by molar-refractivity contribution is 0.284. The zero-order chi connectivity index (χ0) is 16.1. The Morgan fingerprint density at radius 2 is 1.76 bits per heavy atom. The molecule has 0 radical (unpaired) electrons. The summed E-state index contributed by atoms with van der Waals surface area (Å²) < 4.78 is 6.31. The van der Waals surface area contributed by atoms with Crippen LogP contribution in [-0.4, -0.2) is 19.2 Å². The van der Waals surface area contributed by atoms with Gasteiger partial charge in [-0.05, 0) is 85.6 Å². The minimum Gasteiger partial charge on any atom is -0.496 e. The fourth-order valence-electron chi connectivity index (χ4n) is 2.25. The van der Waals surface area contributed by atoms with Crippen molar-refractivity contribution in [1.29, 1.82) is 0 Å². The molecule has 0 bridgehead atoms. The normalized spacial score (nSPS) is 12.5. The van der Waals surface area contributed by atoms with E-state index >= 15 is 0 Å². The molecule has 3 heteroatoms. The third-order valence-electron chi connectivity index (χ3n) is 3.76. The summed E-state index contributed by atoms with van der Waals surface area (Å²) in [6.07, 6.45) is 3.49. The molecule has 0 heterocycles. The van der Waals surface area contributed by atoms with E-state index in [1.807, 2.05) is 6.07 Å². The van der Waals surface area contributed by atoms with Gasteiger partial charge >= 0.3 is 0 Å². The molecule has 2 nitrogen and oxygen atoms in total. The van der Waals surface area contributed by atoms with Crippen molar-refractivity contribution in [2.75, 3.05) is 13.7 Å². The molecule has 0 amide bonds. The summed E-state index contributed by atoms with van der Waals surface area (Å²) in [6, 6.07) is 6.36. The second-order valence-electron chi connectivity index (χ2n) is 7.56. The summed E-state index contributed by atoms with van der Waals surface area (Å²) in [7, 11) is 1.70. The van der Waals surface area contributed by atoms with Gasteiger partial charge in [-0.2, -0.15) is 0 Å². The average Bonchev–Trinajstić information content (AvgIpc) is 2.35. The summed E-state index contributed by atoms with van der Waals surface area (Å²) in [5.74, 6) is 0.896. The van der Waals surface area contributed by atoms with Crippen LogP contribution in [0.2, 0.25) is 0 Å². The summed E-state index contributed by atoms with van der Waals surface area (Å²) in [6.45, 7) is 12.4. The molecular formula is C18H30BrNO. The molecule has 1 aromatic rings. The number of hydrogen-bond donors (Lipinski definition) is 1. The molecule has 0 atom stereocenters. The van der Waals surface area contributed by atoms with E-state index in [4.69, 9.17) is 4.74 Å². The quantitative estimate of drug-likeness (QED) is 0.725. The van der Waals surface area contributed by atoms with E-state index in [9.17, 15) is 0 Å². The van der Waals surface area contributed by atoms with Gasteiger partial charge in [-0.25, -0.2) is 0 Å². The number of halogens is 1. The van der Waals surface area contributed by atoms with E-state index in [-0.39, 0.29) is 5.54 Å². The molecular weight excluding hydrogens is 326 g/mol. The van der Waals surface area contributed by atoms with Crippen LogP contribution < -0.4 is 10.1 Å². The van der Waals surface area contributed by atoms with Gasteiger partial charge in [0, 0.05) is 5.54 Å². The van der Waals surface area contributed by atoms with Gasteiger partial charge in [-0.1, -0.05) is 19.9 Å². The molecule has 0 unspecified atom stereocenters. The van der Waals surface area contributed by atoms with Gasteiger partial charge in [0.05, 0.1) is 11.6 Å². The molecule has 1 N–H and O–H groups in total. The first-order valence-corrected chi connectivity index (χ1v) is 8.50. The monoisotopic (exact) mass is 355 g/mol. The van der Waals surface area contributed by atoms with Crippen LogP contribution in [0.15, 0.2) is 22.7 Å². The number of rotatable bonds is 7. The Hall–Kier alpha value is -0.540. The highest BCUT2D eigenvalue weighted by Gasteiger charge is 2.19. The Labute approximate surface area is 138 Å². The molecule has 0 aliphatic carbocycles. The van der Waals surface area contributed by atoms with Gasteiger partial charge in [0.15, 0.2) is 0 Å². The van der Waals surface area contributed by atoms with Gasteiger partial charge < -0.3 is 10.1 Å². The maximum atomic E-state index is 5.28. The summed E-state index contributed by atoms with van der Waals surface area (Å²) in [5, 5.41) is 3.58. The molecule has 1 aromatic carbocycles. The topological polar surface area (TPSA) is 21.3 Å². The van der Waals surface area contributed by atoms with Crippen molar-refractivity contribution in [3.05, 3.63) is 28.2 Å². The third-order valence-corrected chi connectivity index (χ3v) is 4.38. The fourth-order valence-corrected chi connectivity index (χ4v) is 2.84. The lowest BCUT2D eigenvalue weighted by Crippen LogP contribution is -2.38. The lowest BCUT2D eigenvalue weighted by atomic mass is 9.83. The molecule has 0 fully saturated rings. The highest BCUT2D eigenvalue weighted by atomic mass is 79.9. The number of benzene rings is 1. The Bertz CT molecular complexity index is 449. The van der Waals surface area contributed by atoms with E-state index in [2.05, 4.69) is 68.0 Å². The molecule has 120 valence electrons. The summed E-state index contributed by atoms with van der Waals surface area (Å²) in [5.41, 5.74) is 1.92. The molecule has 0 saturated heterocycles. The Kier molecular flexibility index (Phi) is 6.73. The van der Waals surface area contributed by atoms with Crippen molar-refractivity contribution in [2.45, 2.75) is 59.4 Å². The van der Waals surface area contributed by atoms with E-state index in [1.54, 1.807) is 7.11 Å². The van der Waals surface area contributed by atoms with Crippen molar-refractivity contribution in [3.63, 3.8) is 0 Å². The van der Waals surface area contributed by atoms with Crippen LogP contribution in [0.3, 0.4) is 0 Å². The molecule has 0 aromatic heterocycles. The van der Waals surface area contributed by atoms with E-state index in [1.165, 1.54) is 18.4 Å². The maximum absolute atomic E-state index is 5.28. The van der Waals surface area contributed by atoms with Gasteiger partial charge in [0.2, 0.25) is 0 Å². The lowest BCUT2D eigenvalue weighted by Gasteiger charge is -2.28. The zero-order valence-electron chi connectivity index (χ0n) is 14.3. The predicted octanol–water partition coefficient (Wildman–Crippen LogP) is 5.19. The molecule has 0 aliphatic heterocycles. The van der Waals surface area contributed by atoms with Gasteiger partial charge in [0.25, 0.3) is 0 Å². The summed E-state index contributed by atoms with van der Waals surface area (Å²) in [4.78, 5) is 0. The van der Waals surface area contributed by atoms with Crippen molar-refractivity contribution in [1.82, 2.24) is 5.32 Å². The van der Waals surface area contributed by atoms with Gasteiger partial charge in [0.1, 0.15) is 5.75 Å². The van der Waals surface area contributed by atoms with Crippen LogP contribution in [0.25, 0.3) is 0 Å². The maximum Gasteiger partial charge on any atom is 0.133 e. The SMILES string of the molecule is COc1ccc(CCC(C)(C)CCNC(C)(C)C)cc1Br. The summed E-state index contributed by atoms with van der Waals surface area (Å²) >= 11 is 3.56. The molecule has 0 saturated carbocycles. The number of hydrogen-bond acceptors (Lipinski definition) is 2. The average molecular weight is 356 g/mol. The molecule has 0 aliphatic rings. The smallest absolute Gasteiger partial charge is 0.133 e. The van der Waals surface area contributed by atoms with Gasteiger partial charge in [-0.15, -0.1) is 0 Å². The second kappa shape index (κ2) is 7.64. The van der Waals surface area contributed by atoms with Crippen LogP contribution in [0, 0.1) is 5.41 Å². The minimum atomic E-state index is 0.205. The number of methoxy groups -OCH3 is 1. The van der Waals surface area contributed by atoms with Crippen molar-refractivity contribution < 1.29 is 4.74 Å². The Balaban J connectivity index is 2.47. The van der Waals surface area contributed by atoms with Crippen molar-refractivity contribution in [3.8, 4) is 5.75 Å². The molecule has 0 spiro atoms. The third kappa shape index (κ3) is 7.32. The van der Waals surface area contributed by atoms with Crippen LogP contribution in [0.5, 0.6) is 5.75 Å². The largest absolute Gasteiger partial charge is 0.496 e. The fraction of sp³-hybridized carbons (Fsp3) is 0.667. The molecule has 1 rings (SSSR count). The highest BCUT2D eigenvalue weighted by molar-refractivity contribution is 9.10. The number of aryl methyl sites for hydroxylation is 1. The molecule has 21 heavy (non-hydrogen) atoms. The van der Waals surface area contributed by atoms with Crippen molar-refractivity contribution in [2.24, 2.45) is 5.41 Å². The highest BCUT2D eigenvalue weighted by Crippen LogP contribution is 2.30. The second-order valence-corrected chi connectivity index (χ2v) is 8.41. The zero-order valence-corrected chi connectivity index (χ0v) is 15.9. The van der Waals surface area contributed by atoms with Crippen LogP contribution in [-0.2, 0) is 6.42 Å². The minimum absolute atomic E-state index is 0.205. The Morgan fingerprint density at radius 1 is 1.10 bits per heavy atom.